The summed E-state index contributed by atoms with van der Waals surface area (Å²) in [6.45, 7) is 5.29. The first kappa shape index (κ1) is 11.9. The van der Waals surface area contributed by atoms with Crippen LogP contribution in [0.5, 0.6) is 0 Å². The number of rotatable bonds is 3. The van der Waals surface area contributed by atoms with E-state index in [4.69, 9.17) is 0 Å². The zero-order valence-corrected chi connectivity index (χ0v) is 10.3. The van der Waals surface area contributed by atoms with Gasteiger partial charge in [-0.1, -0.05) is 19.8 Å². The maximum atomic E-state index is 11.9. The average Bonchev–Trinajstić information content (AvgIpc) is 2.80. The second kappa shape index (κ2) is 5.17. The van der Waals surface area contributed by atoms with Crippen LogP contribution in [0.3, 0.4) is 0 Å². The van der Waals surface area contributed by atoms with Gasteiger partial charge in [0.25, 0.3) is 0 Å². The Bertz CT molecular complexity index is 240. The number of piperidine rings is 1. The van der Waals surface area contributed by atoms with E-state index in [1.54, 1.807) is 0 Å². The third-order valence-electron chi connectivity index (χ3n) is 4.10. The molecule has 1 heterocycles. The highest BCUT2D eigenvalue weighted by Crippen LogP contribution is 2.27. The van der Waals surface area contributed by atoms with Crippen LogP contribution in [0, 0.1) is 11.3 Å². The number of hydrogen-bond donors (Lipinski definition) is 2. The van der Waals surface area contributed by atoms with Crippen LogP contribution in [0.25, 0.3) is 0 Å². The van der Waals surface area contributed by atoms with E-state index >= 15 is 0 Å². The van der Waals surface area contributed by atoms with E-state index in [1.165, 1.54) is 25.7 Å². The van der Waals surface area contributed by atoms with E-state index < -0.39 is 0 Å². The molecule has 0 aromatic carbocycles. The molecule has 1 atom stereocenters. The van der Waals surface area contributed by atoms with Gasteiger partial charge in [-0.3, -0.25) is 4.79 Å². The number of carbonyl (C=O) groups is 1. The zero-order valence-electron chi connectivity index (χ0n) is 10.3. The van der Waals surface area contributed by atoms with Crippen molar-refractivity contribution in [3.05, 3.63) is 0 Å². The van der Waals surface area contributed by atoms with Gasteiger partial charge in [-0.2, -0.15) is 0 Å². The fourth-order valence-electron chi connectivity index (χ4n) is 2.90. The zero-order chi connectivity index (χ0) is 11.4. The van der Waals surface area contributed by atoms with Gasteiger partial charge in [-0.15, -0.1) is 0 Å². The molecule has 92 valence electrons. The largest absolute Gasteiger partial charge is 0.355 e. The Balaban J connectivity index is 1.75. The fourth-order valence-corrected chi connectivity index (χ4v) is 2.90. The minimum absolute atomic E-state index is 0.270. The molecule has 1 aliphatic heterocycles. The third kappa shape index (κ3) is 2.97. The number of hydrogen-bond acceptors (Lipinski definition) is 2. The molecule has 0 aromatic rings. The maximum Gasteiger partial charge on any atom is 0.223 e. The van der Waals surface area contributed by atoms with Crippen molar-refractivity contribution in [2.45, 2.75) is 45.4 Å². The Labute approximate surface area is 98.4 Å². The molecule has 0 radical (unpaired) electrons. The summed E-state index contributed by atoms with van der Waals surface area (Å²) in [5.41, 5.74) is 0.270. The highest BCUT2D eigenvalue weighted by Gasteiger charge is 2.29. The summed E-state index contributed by atoms with van der Waals surface area (Å²) in [7, 11) is 0. The lowest BCUT2D eigenvalue weighted by Crippen LogP contribution is -2.46. The molecule has 2 N–H and O–H groups in total. The molecule has 2 rings (SSSR count). The van der Waals surface area contributed by atoms with Crippen molar-refractivity contribution in [2.24, 2.45) is 11.3 Å². The monoisotopic (exact) mass is 224 g/mol. The highest BCUT2D eigenvalue weighted by atomic mass is 16.1. The van der Waals surface area contributed by atoms with Gasteiger partial charge in [0.05, 0.1) is 0 Å². The summed E-state index contributed by atoms with van der Waals surface area (Å²) in [6, 6.07) is 0. The summed E-state index contributed by atoms with van der Waals surface area (Å²) < 4.78 is 0. The smallest absolute Gasteiger partial charge is 0.223 e. The van der Waals surface area contributed by atoms with Crippen LogP contribution in [0.1, 0.15) is 45.4 Å². The van der Waals surface area contributed by atoms with Crippen LogP contribution in [0.2, 0.25) is 0 Å². The first-order valence-corrected chi connectivity index (χ1v) is 6.68. The second-order valence-electron chi connectivity index (χ2n) is 5.79. The van der Waals surface area contributed by atoms with Crippen molar-refractivity contribution in [2.75, 3.05) is 19.6 Å². The Morgan fingerprint density at radius 1 is 1.38 bits per heavy atom. The summed E-state index contributed by atoms with van der Waals surface area (Å²) in [5.74, 6) is 0.601. The van der Waals surface area contributed by atoms with Gasteiger partial charge in [-0.05, 0) is 37.6 Å². The molecule has 0 bridgehead atoms. The molecule has 3 heteroatoms. The number of nitrogens with one attached hydrogen (secondary N) is 2. The quantitative estimate of drug-likeness (QED) is 0.766. The topological polar surface area (TPSA) is 41.1 Å². The number of amides is 1. The van der Waals surface area contributed by atoms with Crippen LogP contribution >= 0.6 is 0 Å². The lowest BCUT2D eigenvalue weighted by molar-refractivity contribution is -0.125. The Morgan fingerprint density at radius 3 is 2.75 bits per heavy atom. The third-order valence-corrected chi connectivity index (χ3v) is 4.10. The van der Waals surface area contributed by atoms with E-state index in [0.29, 0.717) is 11.8 Å². The van der Waals surface area contributed by atoms with Crippen LogP contribution in [-0.4, -0.2) is 25.5 Å². The van der Waals surface area contributed by atoms with E-state index in [-0.39, 0.29) is 5.41 Å². The fraction of sp³-hybridized carbons (Fsp3) is 0.923. The van der Waals surface area contributed by atoms with Crippen molar-refractivity contribution in [3.63, 3.8) is 0 Å². The van der Waals surface area contributed by atoms with Crippen LogP contribution in [0.15, 0.2) is 0 Å². The minimum atomic E-state index is 0.270. The molecular formula is C13H24N2O. The Morgan fingerprint density at radius 2 is 2.12 bits per heavy atom. The van der Waals surface area contributed by atoms with Gasteiger partial charge < -0.3 is 10.6 Å². The Hall–Kier alpha value is -0.570. The molecule has 1 unspecified atom stereocenters. The van der Waals surface area contributed by atoms with Gasteiger partial charge in [0, 0.05) is 19.0 Å². The van der Waals surface area contributed by atoms with E-state index in [0.717, 1.165) is 32.5 Å². The Kier molecular flexibility index (Phi) is 3.85. The summed E-state index contributed by atoms with van der Waals surface area (Å²) in [5, 5.41) is 6.57. The predicted molar refractivity (Wildman–Crippen MR) is 65.2 cm³/mol. The van der Waals surface area contributed by atoms with Crippen molar-refractivity contribution in [3.8, 4) is 0 Å². The molecule has 1 saturated heterocycles. The molecule has 1 aliphatic carbocycles. The summed E-state index contributed by atoms with van der Waals surface area (Å²) in [4.78, 5) is 11.9. The van der Waals surface area contributed by atoms with Crippen molar-refractivity contribution in [1.29, 1.82) is 0 Å². The first-order valence-electron chi connectivity index (χ1n) is 6.68. The maximum absolute atomic E-state index is 11.9. The van der Waals surface area contributed by atoms with Gasteiger partial charge >= 0.3 is 0 Å². The lowest BCUT2D eigenvalue weighted by atomic mass is 9.82. The normalized spacial score (nSPS) is 31.6. The molecule has 1 saturated carbocycles. The molecule has 1 amide bonds. The molecule has 2 aliphatic rings. The SMILES string of the molecule is CC1(CNC(=O)C2CCCC2)CCCNC1. The van der Waals surface area contributed by atoms with Gasteiger partial charge in [0.1, 0.15) is 0 Å². The van der Waals surface area contributed by atoms with Crippen LogP contribution in [-0.2, 0) is 4.79 Å². The first-order chi connectivity index (χ1) is 7.70. The van der Waals surface area contributed by atoms with Crippen LogP contribution in [0.4, 0.5) is 0 Å². The predicted octanol–water partition coefficient (Wildman–Crippen LogP) is 1.68. The molecule has 2 fully saturated rings. The van der Waals surface area contributed by atoms with E-state index in [2.05, 4.69) is 17.6 Å². The van der Waals surface area contributed by atoms with Crippen molar-refractivity contribution in [1.82, 2.24) is 10.6 Å². The summed E-state index contributed by atoms with van der Waals surface area (Å²) >= 11 is 0. The standard InChI is InChI=1S/C13H24N2O/c1-13(7-4-8-14-9-13)10-15-12(16)11-5-2-3-6-11/h11,14H,2-10H2,1H3,(H,15,16). The molecule has 3 nitrogen and oxygen atoms in total. The molecule has 0 spiro atoms. The molecule has 16 heavy (non-hydrogen) atoms. The second-order valence-corrected chi connectivity index (χ2v) is 5.79. The highest BCUT2D eigenvalue weighted by molar-refractivity contribution is 5.78. The van der Waals surface area contributed by atoms with Crippen molar-refractivity contribution >= 4 is 5.91 Å². The van der Waals surface area contributed by atoms with Gasteiger partial charge in [0.15, 0.2) is 0 Å². The average molecular weight is 224 g/mol. The number of carbonyl (C=O) groups excluding carboxylic acids is 1. The molecule has 0 aromatic heterocycles. The van der Waals surface area contributed by atoms with E-state index in [9.17, 15) is 4.79 Å². The summed E-state index contributed by atoms with van der Waals surface area (Å²) in [6.07, 6.45) is 7.12. The van der Waals surface area contributed by atoms with Crippen LogP contribution < -0.4 is 10.6 Å². The lowest BCUT2D eigenvalue weighted by Gasteiger charge is -2.34. The van der Waals surface area contributed by atoms with Gasteiger partial charge in [-0.25, -0.2) is 0 Å². The molecular weight excluding hydrogens is 200 g/mol. The van der Waals surface area contributed by atoms with Gasteiger partial charge in [0.2, 0.25) is 5.91 Å². The van der Waals surface area contributed by atoms with Crippen molar-refractivity contribution < 1.29 is 4.79 Å². The minimum Gasteiger partial charge on any atom is -0.355 e. The van der Waals surface area contributed by atoms with E-state index in [1.807, 2.05) is 0 Å².